The van der Waals surface area contributed by atoms with Gasteiger partial charge in [-0.1, -0.05) is 50.6 Å². The van der Waals surface area contributed by atoms with Gasteiger partial charge in [0.25, 0.3) is 0 Å². The monoisotopic (exact) mass is 438 g/mol. The molecule has 1 aromatic heterocycles. The molecule has 4 N–H and O–H groups in total. The lowest BCUT2D eigenvalue weighted by atomic mass is 10.1. The molecule has 1 aromatic rings. The summed E-state index contributed by atoms with van der Waals surface area (Å²) >= 11 is 0. The van der Waals surface area contributed by atoms with E-state index in [1.807, 2.05) is 0 Å². The summed E-state index contributed by atoms with van der Waals surface area (Å²) in [5.74, 6) is -0.573. The minimum atomic E-state index is -2.09. The Kier molecular flexibility index (Phi) is 9.25. The maximum atomic E-state index is 12.1. The van der Waals surface area contributed by atoms with E-state index in [-0.39, 0.29) is 12.2 Å². The number of hydrogen-bond acceptors (Lipinski definition) is 9. The van der Waals surface area contributed by atoms with Gasteiger partial charge in [-0.25, -0.2) is 4.79 Å². The van der Waals surface area contributed by atoms with Gasteiger partial charge in [-0.05, 0) is 18.0 Å². The van der Waals surface area contributed by atoms with Crippen LogP contribution in [0.15, 0.2) is 22.2 Å². The summed E-state index contributed by atoms with van der Waals surface area (Å²) in [5.41, 5.74) is 11.5. The molecule has 0 aliphatic carbocycles. The standard InChI is InChI=1S/C19H30N6O6/c1-2-3-4-5-6-7-8-9-14(26)30-12-19(23-24-21)16(28)15(27)17(31-19)25-11-10-13(20)22-18(25)29/h10-11,15-17,27-28H,2-9,12H2,1H3,(H2,20,22,29)/t15-,16-,17+,19+/m0/s1. The number of rotatable bonds is 12. The van der Waals surface area contributed by atoms with Crippen molar-refractivity contribution < 1.29 is 24.5 Å². The zero-order valence-corrected chi connectivity index (χ0v) is 17.6. The summed E-state index contributed by atoms with van der Waals surface area (Å²) in [6.45, 7) is 1.54. The molecular weight excluding hydrogens is 408 g/mol. The Balaban J connectivity index is 1.96. The third-order valence-electron chi connectivity index (χ3n) is 5.17. The predicted octanol–water partition coefficient (Wildman–Crippen LogP) is 1.77. The Bertz CT molecular complexity index is 841. The highest BCUT2D eigenvalue weighted by molar-refractivity contribution is 5.69. The number of aromatic nitrogens is 2. The van der Waals surface area contributed by atoms with Gasteiger partial charge < -0.3 is 25.4 Å². The number of carbonyl (C=O) groups is 1. The highest BCUT2D eigenvalue weighted by Crippen LogP contribution is 2.38. The topological polar surface area (TPSA) is 186 Å². The molecule has 0 bridgehead atoms. The lowest BCUT2D eigenvalue weighted by molar-refractivity contribution is -0.165. The van der Waals surface area contributed by atoms with Crippen LogP contribution >= 0.6 is 0 Å². The van der Waals surface area contributed by atoms with Crippen molar-refractivity contribution in [3.63, 3.8) is 0 Å². The number of esters is 1. The number of nitrogens with zero attached hydrogens (tertiary/aromatic N) is 5. The van der Waals surface area contributed by atoms with Gasteiger partial charge in [0.1, 0.15) is 24.6 Å². The number of hydrogen-bond donors (Lipinski definition) is 3. The molecule has 0 radical (unpaired) electrons. The number of nitrogens with two attached hydrogens (primary N) is 1. The highest BCUT2D eigenvalue weighted by atomic mass is 16.6. The summed E-state index contributed by atoms with van der Waals surface area (Å²) in [7, 11) is 0. The van der Waals surface area contributed by atoms with Gasteiger partial charge in [-0.3, -0.25) is 9.36 Å². The zero-order chi connectivity index (χ0) is 22.9. The number of aliphatic hydroxyl groups is 2. The number of carbonyl (C=O) groups excluding carboxylic acids is 1. The van der Waals surface area contributed by atoms with E-state index in [9.17, 15) is 19.8 Å². The minimum Gasteiger partial charge on any atom is -0.462 e. The molecule has 2 heterocycles. The first-order valence-corrected chi connectivity index (χ1v) is 10.4. The molecule has 1 aliphatic rings. The van der Waals surface area contributed by atoms with Crippen LogP contribution in [0.5, 0.6) is 0 Å². The Labute approximate surface area is 179 Å². The van der Waals surface area contributed by atoms with Crippen molar-refractivity contribution in [1.29, 1.82) is 0 Å². The first-order valence-electron chi connectivity index (χ1n) is 10.4. The number of anilines is 1. The maximum absolute atomic E-state index is 12.1. The molecule has 12 heteroatoms. The fraction of sp³-hybridized carbons (Fsp3) is 0.737. The molecule has 172 valence electrons. The Hall–Kier alpha value is -2.66. The van der Waals surface area contributed by atoms with Gasteiger partial charge in [0.15, 0.2) is 6.23 Å². The quantitative estimate of drug-likeness (QED) is 0.145. The molecule has 31 heavy (non-hydrogen) atoms. The lowest BCUT2D eigenvalue weighted by Crippen LogP contribution is -2.45. The molecule has 4 atom stereocenters. The molecule has 1 aliphatic heterocycles. The van der Waals surface area contributed by atoms with Gasteiger partial charge in [0.2, 0.25) is 5.72 Å². The average Bonchev–Trinajstić information content (AvgIpc) is 2.97. The summed E-state index contributed by atoms with van der Waals surface area (Å²) in [4.78, 5) is 30.3. The van der Waals surface area contributed by atoms with Crippen LogP contribution in [0.25, 0.3) is 10.4 Å². The molecule has 1 saturated heterocycles. The molecule has 2 rings (SSSR count). The summed E-state index contributed by atoms with van der Waals surface area (Å²) < 4.78 is 11.6. The van der Waals surface area contributed by atoms with Gasteiger partial charge in [-0.15, -0.1) is 0 Å². The summed E-state index contributed by atoms with van der Waals surface area (Å²) in [6.07, 6.45) is 3.87. The molecule has 0 amide bonds. The number of azide groups is 1. The average molecular weight is 438 g/mol. The Morgan fingerprint density at radius 1 is 1.35 bits per heavy atom. The van der Waals surface area contributed by atoms with E-state index in [0.29, 0.717) is 6.42 Å². The third kappa shape index (κ3) is 6.41. The minimum absolute atomic E-state index is 0.0325. The van der Waals surface area contributed by atoms with E-state index in [4.69, 9.17) is 20.7 Å². The molecule has 0 aromatic carbocycles. The van der Waals surface area contributed by atoms with Crippen LogP contribution in [0.2, 0.25) is 0 Å². The van der Waals surface area contributed by atoms with Crippen molar-refractivity contribution >= 4 is 11.8 Å². The number of ether oxygens (including phenoxy) is 2. The highest BCUT2D eigenvalue weighted by Gasteiger charge is 2.56. The Morgan fingerprint density at radius 2 is 2.03 bits per heavy atom. The fourth-order valence-corrected chi connectivity index (χ4v) is 3.40. The van der Waals surface area contributed by atoms with Crippen molar-refractivity contribution in [3.05, 3.63) is 33.2 Å². The fourth-order valence-electron chi connectivity index (χ4n) is 3.40. The van der Waals surface area contributed by atoms with Gasteiger partial charge in [-0.2, -0.15) is 4.98 Å². The van der Waals surface area contributed by atoms with Crippen molar-refractivity contribution in [2.24, 2.45) is 5.11 Å². The van der Waals surface area contributed by atoms with Crippen molar-refractivity contribution in [3.8, 4) is 0 Å². The van der Waals surface area contributed by atoms with E-state index in [1.54, 1.807) is 0 Å². The lowest BCUT2D eigenvalue weighted by Gasteiger charge is -2.26. The van der Waals surface area contributed by atoms with Crippen LogP contribution in [0.1, 0.15) is 64.5 Å². The second-order valence-corrected chi connectivity index (χ2v) is 7.55. The van der Waals surface area contributed by atoms with E-state index >= 15 is 0 Å². The second kappa shape index (κ2) is 11.7. The molecule has 0 unspecified atom stereocenters. The van der Waals surface area contributed by atoms with Gasteiger partial charge in [0.05, 0.1) is 0 Å². The van der Waals surface area contributed by atoms with Crippen LogP contribution in [0.3, 0.4) is 0 Å². The van der Waals surface area contributed by atoms with Gasteiger partial charge >= 0.3 is 11.7 Å². The van der Waals surface area contributed by atoms with Gasteiger partial charge in [0, 0.05) is 17.5 Å². The molecule has 12 nitrogen and oxygen atoms in total. The molecular formula is C19H30N6O6. The summed E-state index contributed by atoms with van der Waals surface area (Å²) in [6, 6.07) is 1.31. The smallest absolute Gasteiger partial charge is 0.351 e. The van der Waals surface area contributed by atoms with Crippen molar-refractivity contribution in [2.75, 3.05) is 12.3 Å². The number of aliphatic hydroxyl groups excluding tert-OH is 2. The maximum Gasteiger partial charge on any atom is 0.351 e. The summed E-state index contributed by atoms with van der Waals surface area (Å²) in [5, 5.41) is 24.3. The van der Waals surface area contributed by atoms with E-state index in [1.165, 1.54) is 31.5 Å². The Morgan fingerprint density at radius 3 is 2.68 bits per heavy atom. The first kappa shape index (κ1) is 24.6. The normalized spacial score (nSPS) is 25.2. The first-order chi connectivity index (χ1) is 14.8. The van der Waals surface area contributed by atoms with Crippen molar-refractivity contribution in [2.45, 2.75) is 82.5 Å². The predicted molar refractivity (Wildman–Crippen MR) is 110 cm³/mol. The van der Waals surface area contributed by atoms with Crippen molar-refractivity contribution in [1.82, 2.24) is 9.55 Å². The van der Waals surface area contributed by atoms with Crippen LogP contribution in [0, 0.1) is 0 Å². The van der Waals surface area contributed by atoms with Crippen LogP contribution in [0.4, 0.5) is 5.82 Å². The third-order valence-corrected chi connectivity index (χ3v) is 5.17. The molecule has 0 spiro atoms. The van der Waals surface area contributed by atoms with Crippen LogP contribution in [-0.4, -0.2) is 50.3 Å². The van der Waals surface area contributed by atoms with E-state index in [0.717, 1.165) is 23.8 Å². The van der Waals surface area contributed by atoms with E-state index < -0.39 is 42.4 Å². The molecule has 0 saturated carbocycles. The molecule has 1 fully saturated rings. The van der Waals surface area contributed by atoms with Crippen LogP contribution in [-0.2, 0) is 14.3 Å². The number of nitrogen functional groups attached to an aromatic ring is 1. The number of unbranched alkanes of at least 4 members (excludes halogenated alkanes) is 6. The van der Waals surface area contributed by atoms with E-state index in [2.05, 4.69) is 21.9 Å². The zero-order valence-electron chi connectivity index (χ0n) is 17.6. The largest absolute Gasteiger partial charge is 0.462 e. The SMILES string of the molecule is CCCCCCCCCC(=O)OC[C@@]1(N=[N+]=[N-])O[C@@H](n2ccc(N)nc2=O)[C@@H](O)[C@@H]1O. The van der Waals surface area contributed by atoms with Crippen LogP contribution < -0.4 is 11.4 Å². The second-order valence-electron chi connectivity index (χ2n) is 7.55.